The highest BCUT2D eigenvalue weighted by atomic mass is 32.1. The molecule has 0 saturated heterocycles. The molecule has 1 N–H and O–H groups in total. The first-order valence-electron chi connectivity index (χ1n) is 7.71. The van der Waals surface area contributed by atoms with Crippen LogP contribution in [0.1, 0.15) is 28.3 Å². The van der Waals surface area contributed by atoms with Crippen LogP contribution in [0.2, 0.25) is 0 Å². The van der Waals surface area contributed by atoms with Gasteiger partial charge in [0.1, 0.15) is 11.5 Å². The lowest BCUT2D eigenvalue weighted by atomic mass is 9.89. The first kappa shape index (κ1) is 15.5. The monoisotopic (exact) mass is 349 g/mol. The molecule has 25 heavy (non-hydrogen) atoms. The SMILES string of the molecule is N#Cc1ccc([C@@H]2CC(=O)Nc3c(-c4ccc(F)cc4)nsc32)cc1. The summed E-state index contributed by atoms with van der Waals surface area (Å²) in [6.07, 6.45) is 0.337. The van der Waals surface area contributed by atoms with Gasteiger partial charge >= 0.3 is 0 Å². The van der Waals surface area contributed by atoms with Gasteiger partial charge in [-0.2, -0.15) is 9.64 Å². The normalized spacial score (nSPS) is 16.0. The first-order chi connectivity index (χ1) is 12.2. The number of hydrogen-bond acceptors (Lipinski definition) is 4. The second-order valence-electron chi connectivity index (χ2n) is 5.82. The van der Waals surface area contributed by atoms with Gasteiger partial charge in [-0.3, -0.25) is 4.79 Å². The van der Waals surface area contributed by atoms with Crippen LogP contribution in [0.4, 0.5) is 10.1 Å². The summed E-state index contributed by atoms with van der Waals surface area (Å²) in [6, 6.07) is 15.4. The summed E-state index contributed by atoms with van der Waals surface area (Å²) >= 11 is 1.34. The number of nitrogens with zero attached hydrogens (tertiary/aromatic N) is 2. The minimum atomic E-state index is -0.313. The molecule has 2 aromatic carbocycles. The third-order valence-corrected chi connectivity index (χ3v) is 5.21. The molecule has 1 aliphatic rings. The van der Waals surface area contributed by atoms with Gasteiger partial charge in [0.05, 0.1) is 22.2 Å². The molecule has 0 spiro atoms. The Labute approximate surface area is 147 Å². The molecule has 122 valence electrons. The van der Waals surface area contributed by atoms with Gasteiger partial charge in [-0.05, 0) is 53.5 Å². The second-order valence-corrected chi connectivity index (χ2v) is 6.62. The fourth-order valence-corrected chi connectivity index (χ4v) is 3.97. The molecule has 2 heterocycles. The topological polar surface area (TPSA) is 65.8 Å². The lowest BCUT2D eigenvalue weighted by Gasteiger charge is -2.23. The molecule has 0 fully saturated rings. The van der Waals surface area contributed by atoms with Crippen LogP contribution >= 0.6 is 11.5 Å². The molecule has 4 rings (SSSR count). The van der Waals surface area contributed by atoms with Gasteiger partial charge in [-0.25, -0.2) is 4.39 Å². The smallest absolute Gasteiger partial charge is 0.225 e. The maximum absolute atomic E-state index is 13.2. The summed E-state index contributed by atoms with van der Waals surface area (Å²) in [6.45, 7) is 0. The van der Waals surface area contributed by atoms with Gasteiger partial charge in [0.2, 0.25) is 5.91 Å². The number of aromatic nitrogens is 1. The van der Waals surface area contributed by atoms with Crippen LogP contribution in [-0.4, -0.2) is 10.3 Å². The number of rotatable bonds is 2. The summed E-state index contributed by atoms with van der Waals surface area (Å²) in [5.41, 5.74) is 3.68. The van der Waals surface area contributed by atoms with Crippen LogP contribution in [0, 0.1) is 17.1 Å². The van der Waals surface area contributed by atoms with Crippen molar-refractivity contribution in [3.05, 3.63) is 70.4 Å². The average Bonchev–Trinajstić information content (AvgIpc) is 3.05. The van der Waals surface area contributed by atoms with Crippen LogP contribution in [0.3, 0.4) is 0 Å². The van der Waals surface area contributed by atoms with E-state index in [-0.39, 0.29) is 17.6 Å². The molecule has 0 bridgehead atoms. The number of hydrogen-bond donors (Lipinski definition) is 1. The molecule has 4 nitrogen and oxygen atoms in total. The largest absolute Gasteiger partial charge is 0.323 e. The van der Waals surface area contributed by atoms with E-state index in [4.69, 9.17) is 5.26 Å². The number of nitrogens with one attached hydrogen (secondary N) is 1. The molecule has 1 aliphatic heterocycles. The van der Waals surface area contributed by atoms with Crippen LogP contribution < -0.4 is 5.32 Å². The maximum atomic E-state index is 13.2. The fourth-order valence-electron chi connectivity index (χ4n) is 2.99. The molecule has 1 aromatic heterocycles. The zero-order valence-corrected chi connectivity index (χ0v) is 13.8. The Balaban J connectivity index is 1.78. The zero-order chi connectivity index (χ0) is 17.4. The Morgan fingerprint density at radius 3 is 2.56 bits per heavy atom. The van der Waals surface area contributed by atoms with Crippen LogP contribution in [0.15, 0.2) is 48.5 Å². The average molecular weight is 349 g/mol. The quantitative estimate of drug-likeness (QED) is 0.750. The van der Waals surface area contributed by atoms with E-state index in [1.165, 1.54) is 23.7 Å². The van der Waals surface area contributed by atoms with Crippen LogP contribution in [0.5, 0.6) is 0 Å². The molecule has 1 amide bonds. The molecule has 0 radical (unpaired) electrons. The Kier molecular flexibility index (Phi) is 3.79. The number of benzene rings is 2. The van der Waals surface area contributed by atoms with E-state index in [9.17, 15) is 9.18 Å². The Hall–Kier alpha value is -3.04. The predicted octanol–water partition coefficient (Wildman–Crippen LogP) is 4.29. The van der Waals surface area contributed by atoms with E-state index in [0.717, 1.165) is 16.0 Å². The Bertz CT molecular complexity index is 987. The molecular formula is C19H12FN3OS. The Morgan fingerprint density at radius 1 is 1.16 bits per heavy atom. The highest BCUT2D eigenvalue weighted by Crippen LogP contribution is 2.44. The summed E-state index contributed by atoms with van der Waals surface area (Å²) in [5.74, 6) is -0.485. The van der Waals surface area contributed by atoms with Crippen molar-refractivity contribution in [2.24, 2.45) is 0 Å². The number of amides is 1. The highest BCUT2D eigenvalue weighted by molar-refractivity contribution is 7.07. The van der Waals surface area contributed by atoms with Crippen molar-refractivity contribution < 1.29 is 9.18 Å². The van der Waals surface area contributed by atoms with E-state index in [1.54, 1.807) is 24.3 Å². The third kappa shape index (κ3) is 2.79. The first-order valence-corrected chi connectivity index (χ1v) is 8.48. The van der Waals surface area contributed by atoms with E-state index in [0.29, 0.717) is 23.4 Å². The van der Waals surface area contributed by atoms with Crippen molar-refractivity contribution in [2.75, 3.05) is 5.32 Å². The summed E-state index contributed by atoms with van der Waals surface area (Å²) in [5, 5.41) is 11.8. The molecule has 6 heteroatoms. The van der Waals surface area contributed by atoms with Crippen molar-refractivity contribution in [3.63, 3.8) is 0 Å². The van der Waals surface area contributed by atoms with E-state index < -0.39 is 0 Å². The van der Waals surface area contributed by atoms with Gasteiger partial charge in [0.25, 0.3) is 0 Å². The number of fused-ring (bicyclic) bond motifs is 1. The summed E-state index contributed by atoms with van der Waals surface area (Å²) in [7, 11) is 0. The van der Waals surface area contributed by atoms with Gasteiger partial charge in [0.15, 0.2) is 0 Å². The van der Waals surface area contributed by atoms with Crippen molar-refractivity contribution in [3.8, 4) is 17.3 Å². The molecular weight excluding hydrogens is 337 g/mol. The van der Waals surface area contributed by atoms with Crippen LogP contribution in [0.25, 0.3) is 11.3 Å². The minimum absolute atomic E-state index is 0.0783. The molecule has 0 aliphatic carbocycles. The zero-order valence-electron chi connectivity index (χ0n) is 13.0. The van der Waals surface area contributed by atoms with Gasteiger partial charge < -0.3 is 5.32 Å². The lowest BCUT2D eigenvalue weighted by molar-refractivity contribution is -0.116. The predicted molar refractivity (Wildman–Crippen MR) is 93.8 cm³/mol. The fraction of sp³-hybridized carbons (Fsp3) is 0.105. The number of halogens is 1. The van der Waals surface area contributed by atoms with Crippen molar-refractivity contribution in [2.45, 2.75) is 12.3 Å². The number of nitriles is 1. The molecule has 0 unspecified atom stereocenters. The third-order valence-electron chi connectivity index (χ3n) is 4.25. The van der Waals surface area contributed by atoms with Crippen molar-refractivity contribution in [1.29, 1.82) is 5.26 Å². The second kappa shape index (κ2) is 6.11. The van der Waals surface area contributed by atoms with Crippen molar-refractivity contribution in [1.82, 2.24) is 4.37 Å². The van der Waals surface area contributed by atoms with Gasteiger partial charge in [0, 0.05) is 17.9 Å². The Morgan fingerprint density at radius 2 is 1.88 bits per heavy atom. The van der Waals surface area contributed by atoms with Gasteiger partial charge in [-0.15, -0.1) is 0 Å². The summed E-state index contributed by atoms with van der Waals surface area (Å²) < 4.78 is 17.7. The van der Waals surface area contributed by atoms with E-state index in [1.807, 2.05) is 12.1 Å². The minimum Gasteiger partial charge on any atom is -0.323 e. The number of carbonyl (C=O) groups is 1. The standard InChI is InChI=1S/C19H12FN3OS/c20-14-7-5-13(6-8-14)17-18-19(25-23-17)15(9-16(24)22-18)12-3-1-11(10-21)2-4-12/h1-8,15H,9H2,(H,22,24)/t15-/m0/s1. The number of anilines is 1. The van der Waals surface area contributed by atoms with Crippen LogP contribution in [-0.2, 0) is 4.79 Å². The maximum Gasteiger partial charge on any atom is 0.225 e. The van der Waals surface area contributed by atoms with E-state index >= 15 is 0 Å². The molecule has 1 atom stereocenters. The highest BCUT2D eigenvalue weighted by Gasteiger charge is 2.31. The lowest BCUT2D eigenvalue weighted by Crippen LogP contribution is -2.22. The van der Waals surface area contributed by atoms with Crippen molar-refractivity contribution >= 4 is 23.1 Å². The number of carbonyl (C=O) groups excluding carboxylic acids is 1. The molecule has 3 aromatic rings. The van der Waals surface area contributed by atoms with Gasteiger partial charge in [-0.1, -0.05) is 12.1 Å². The molecule has 0 saturated carbocycles. The summed E-state index contributed by atoms with van der Waals surface area (Å²) in [4.78, 5) is 13.2. The van der Waals surface area contributed by atoms with E-state index in [2.05, 4.69) is 15.8 Å².